The van der Waals surface area contributed by atoms with E-state index >= 15 is 0 Å². The van der Waals surface area contributed by atoms with E-state index in [1.54, 1.807) is 0 Å². The lowest BCUT2D eigenvalue weighted by Crippen LogP contribution is -2.34. The summed E-state index contributed by atoms with van der Waals surface area (Å²) in [5.41, 5.74) is 4.22. The van der Waals surface area contributed by atoms with E-state index in [0.29, 0.717) is 5.92 Å². The van der Waals surface area contributed by atoms with Crippen LogP contribution in [-0.4, -0.2) is 6.61 Å². The fourth-order valence-electron chi connectivity index (χ4n) is 2.78. The minimum absolute atomic E-state index is 0.169. The molecule has 0 saturated heterocycles. The van der Waals surface area contributed by atoms with E-state index in [0.717, 1.165) is 18.8 Å². The number of hydrogen-bond donors (Lipinski definition) is 2. The molecule has 0 aliphatic carbocycles. The summed E-state index contributed by atoms with van der Waals surface area (Å²) < 4.78 is 5.88. The van der Waals surface area contributed by atoms with Crippen LogP contribution >= 0.6 is 0 Å². The molecule has 0 radical (unpaired) electrons. The summed E-state index contributed by atoms with van der Waals surface area (Å²) in [4.78, 5) is 0. The number of nitrogens with two attached hydrogens (primary N) is 1. The minimum atomic E-state index is 0.169. The normalized spacial score (nSPS) is 12.7. The third-order valence-electron chi connectivity index (χ3n) is 3.69. The predicted molar refractivity (Wildman–Crippen MR) is 85.6 cm³/mol. The van der Waals surface area contributed by atoms with Gasteiger partial charge in [-0.25, -0.2) is 0 Å². The van der Waals surface area contributed by atoms with Gasteiger partial charge in [-0.2, -0.15) is 0 Å². The summed E-state index contributed by atoms with van der Waals surface area (Å²) in [5.74, 6) is 7.38. The zero-order valence-electron chi connectivity index (χ0n) is 13.2. The lowest BCUT2D eigenvalue weighted by Gasteiger charge is -2.28. The molecule has 1 rings (SSSR count). The maximum absolute atomic E-state index is 5.88. The molecule has 0 aromatic heterocycles. The number of para-hydroxylation sites is 1. The Balaban J connectivity index is 2.96. The van der Waals surface area contributed by atoms with E-state index in [-0.39, 0.29) is 6.04 Å². The van der Waals surface area contributed by atoms with E-state index in [1.807, 2.05) is 12.1 Å². The quantitative estimate of drug-likeness (QED) is 0.498. The number of hydrazine groups is 1. The standard InChI is InChI=1S/C17H30N2O/c1-4-9-14(10-5-2)17(19-18)15-11-7-8-12-16(15)20-13-6-3/h7-8,11-12,14,17,19H,4-6,9-10,13,18H2,1-3H3. The second kappa shape index (κ2) is 9.78. The second-order valence-corrected chi connectivity index (χ2v) is 5.37. The molecule has 0 aliphatic heterocycles. The van der Waals surface area contributed by atoms with Gasteiger partial charge in [0.25, 0.3) is 0 Å². The van der Waals surface area contributed by atoms with Crippen LogP contribution in [0.1, 0.15) is 64.5 Å². The molecule has 3 N–H and O–H groups in total. The van der Waals surface area contributed by atoms with Crippen molar-refractivity contribution >= 4 is 0 Å². The highest BCUT2D eigenvalue weighted by Gasteiger charge is 2.23. The molecule has 3 heteroatoms. The average Bonchev–Trinajstić information content (AvgIpc) is 2.47. The maximum Gasteiger partial charge on any atom is 0.124 e. The van der Waals surface area contributed by atoms with Gasteiger partial charge in [0.1, 0.15) is 5.75 Å². The SMILES string of the molecule is CCCOc1ccccc1C(NN)C(CCC)CCC. The first-order chi connectivity index (χ1) is 9.78. The van der Waals surface area contributed by atoms with Crippen molar-refractivity contribution < 1.29 is 4.74 Å². The Hall–Kier alpha value is -1.06. The minimum Gasteiger partial charge on any atom is -0.493 e. The summed E-state index contributed by atoms with van der Waals surface area (Å²) in [5, 5.41) is 0. The number of benzene rings is 1. The Kier molecular flexibility index (Phi) is 8.31. The molecule has 0 aliphatic rings. The Morgan fingerprint density at radius 2 is 1.70 bits per heavy atom. The number of hydrogen-bond acceptors (Lipinski definition) is 3. The van der Waals surface area contributed by atoms with Crippen LogP contribution in [0.4, 0.5) is 0 Å². The summed E-state index contributed by atoms with van der Waals surface area (Å²) in [7, 11) is 0. The molecule has 0 amide bonds. The summed E-state index contributed by atoms with van der Waals surface area (Å²) in [6.45, 7) is 7.34. The highest BCUT2D eigenvalue weighted by molar-refractivity contribution is 5.36. The van der Waals surface area contributed by atoms with Crippen LogP contribution in [0.2, 0.25) is 0 Å². The summed E-state index contributed by atoms with van der Waals surface area (Å²) in [6.07, 6.45) is 5.75. The zero-order valence-corrected chi connectivity index (χ0v) is 13.2. The van der Waals surface area contributed by atoms with Crippen molar-refractivity contribution in [3.05, 3.63) is 29.8 Å². The van der Waals surface area contributed by atoms with E-state index in [9.17, 15) is 0 Å². The van der Waals surface area contributed by atoms with Gasteiger partial charge in [-0.15, -0.1) is 0 Å². The molecule has 20 heavy (non-hydrogen) atoms. The smallest absolute Gasteiger partial charge is 0.124 e. The van der Waals surface area contributed by atoms with Crippen LogP contribution in [0.25, 0.3) is 0 Å². The molecule has 0 heterocycles. The van der Waals surface area contributed by atoms with Gasteiger partial charge in [-0.05, 0) is 31.2 Å². The molecule has 0 spiro atoms. The van der Waals surface area contributed by atoms with Crippen molar-refractivity contribution in [2.75, 3.05) is 6.61 Å². The van der Waals surface area contributed by atoms with Crippen LogP contribution in [-0.2, 0) is 0 Å². The monoisotopic (exact) mass is 278 g/mol. The number of ether oxygens (including phenoxy) is 1. The van der Waals surface area contributed by atoms with Gasteiger partial charge >= 0.3 is 0 Å². The molecule has 1 unspecified atom stereocenters. The van der Waals surface area contributed by atoms with Crippen molar-refractivity contribution in [2.24, 2.45) is 11.8 Å². The van der Waals surface area contributed by atoms with Gasteiger partial charge in [0.05, 0.1) is 12.6 Å². The summed E-state index contributed by atoms with van der Waals surface area (Å²) >= 11 is 0. The van der Waals surface area contributed by atoms with Gasteiger partial charge in [-0.1, -0.05) is 51.8 Å². The first-order valence-electron chi connectivity index (χ1n) is 7.96. The maximum atomic E-state index is 5.88. The molecule has 0 saturated carbocycles. The fraction of sp³-hybridized carbons (Fsp3) is 0.647. The van der Waals surface area contributed by atoms with Gasteiger partial charge in [0.15, 0.2) is 0 Å². The first kappa shape index (κ1) is 17.0. The molecule has 114 valence electrons. The van der Waals surface area contributed by atoms with Crippen molar-refractivity contribution in [3.63, 3.8) is 0 Å². The van der Waals surface area contributed by atoms with E-state index in [4.69, 9.17) is 10.6 Å². The largest absolute Gasteiger partial charge is 0.493 e. The van der Waals surface area contributed by atoms with E-state index < -0.39 is 0 Å². The highest BCUT2D eigenvalue weighted by Crippen LogP contribution is 2.34. The Morgan fingerprint density at radius 1 is 1.05 bits per heavy atom. The predicted octanol–water partition coefficient (Wildman–Crippen LogP) is 4.20. The molecular weight excluding hydrogens is 248 g/mol. The average molecular weight is 278 g/mol. The van der Waals surface area contributed by atoms with E-state index in [1.165, 1.54) is 31.2 Å². The van der Waals surface area contributed by atoms with Crippen molar-refractivity contribution in [3.8, 4) is 5.75 Å². The van der Waals surface area contributed by atoms with Crippen LogP contribution < -0.4 is 16.0 Å². The van der Waals surface area contributed by atoms with Gasteiger partial charge < -0.3 is 4.74 Å². The van der Waals surface area contributed by atoms with Crippen LogP contribution in [0.15, 0.2) is 24.3 Å². The topological polar surface area (TPSA) is 47.3 Å². The van der Waals surface area contributed by atoms with E-state index in [2.05, 4.69) is 38.3 Å². The Bertz CT molecular complexity index is 362. The van der Waals surface area contributed by atoms with Crippen LogP contribution in [0, 0.1) is 5.92 Å². The molecule has 1 aromatic carbocycles. The van der Waals surface area contributed by atoms with Gasteiger partial charge in [0.2, 0.25) is 0 Å². The highest BCUT2D eigenvalue weighted by atomic mass is 16.5. The molecule has 0 fully saturated rings. The Labute approximate surface area is 123 Å². The summed E-state index contributed by atoms with van der Waals surface area (Å²) in [6, 6.07) is 8.44. The Morgan fingerprint density at radius 3 is 2.25 bits per heavy atom. The van der Waals surface area contributed by atoms with Crippen molar-refractivity contribution in [1.29, 1.82) is 0 Å². The van der Waals surface area contributed by atoms with Crippen LogP contribution in [0.5, 0.6) is 5.75 Å². The molecule has 0 bridgehead atoms. The lowest BCUT2D eigenvalue weighted by molar-refractivity contribution is 0.285. The van der Waals surface area contributed by atoms with Crippen molar-refractivity contribution in [1.82, 2.24) is 5.43 Å². The third kappa shape index (κ3) is 4.80. The van der Waals surface area contributed by atoms with Crippen LogP contribution in [0.3, 0.4) is 0 Å². The lowest BCUT2D eigenvalue weighted by atomic mass is 9.86. The zero-order chi connectivity index (χ0) is 14.8. The second-order valence-electron chi connectivity index (χ2n) is 5.37. The first-order valence-corrected chi connectivity index (χ1v) is 7.96. The number of nitrogens with one attached hydrogen (secondary N) is 1. The van der Waals surface area contributed by atoms with Gasteiger partial charge in [0, 0.05) is 5.56 Å². The molecule has 1 atom stereocenters. The number of rotatable bonds is 10. The van der Waals surface area contributed by atoms with Gasteiger partial charge in [-0.3, -0.25) is 11.3 Å². The fourth-order valence-corrected chi connectivity index (χ4v) is 2.78. The molecule has 3 nitrogen and oxygen atoms in total. The molecular formula is C17H30N2O. The molecule has 1 aromatic rings. The van der Waals surface area contributed by atoms with Crippen molar-refractivity contribution in [2.45, 2.75) is 58.9 Å². The third-order valence-corrected chi connectivity index (χ3v) is 3.69.